The van der Waals surface area contributed by atoms with Crippen LogP contribution in [-0.4, -0.2) is 29.8 Å². The summed E-state index contributed by atoms with van der Waals surface area (Å²) < 4.78 is 0. The van der Waals surface area contributed by atoms with Crippen molar-refractivity contribution in [2.24, 2.45) is 11.8 Å². The van der Waals surface area contributed by atoms with Crippen LogP contribution in [0.25, 0.3) is 0 Å². The summed E-state index contributed by atoms with van der Waals surface area (Å²) in [5.41, 5.74) is 2.80. The number of piperidine rings is 1. The van der Waals surface area contributed by atoms with E-state index < -0.39 is 0 Å². The van der Waals surface area contributed by atoms with Crippen molar-refractivity contribution in [2.75, 3.05) is 19.0 Å². The number of likely N-dealkylation sites (tertiary alicyclic amines) is 1. The molecule has 1 heterocycles. The predicted octanol–water partition coefficient (Wildman–Crippen LogP) is 3.27. The monoisotopic (exact) mass is 291 g/mol. The molecular formula is C17H22ClNO. The van der Waals surface area contributed by atoms with Crippen LogP contribution in [0.3, 0.4) is 0 Å². The Balaban J connectivity index is 1.62. The van der Waals surface area contributed by atoms with Gasteiger partial charge in [-0.15, -0.1) is 11.6 Å². The molecule has 1 unspecified atom stereocenters. The fraction of sp³-hybridized carbons (Fsp3) is 0.588. The van der Waals surface area contributed by atoms with Crippen LogP contribution in [0.15, 0.2) is 24.3 Å². The van der Waals surface area contributed by atoms with Gasteiger partial charge in [-0.25, -0.2) is 0 Å². The Kier molecular flexibility index (Phi) is 4.30. The summed E-state index contributed by atoms with van der Waals surface area (Å²) in [4.78, 5) is 14.7. The van der Waals surface area contributed by atoms with E-state index in [1.807, 2.05) is 0 Å². The first-order valence-corrected chi connectivity index (χ1v) is 8.23. The lowest BCUT2D eigenvalue weighted by molar-refractivity contribution is -0.137. The fourth-order valence-electron chi connectivity index (χ4n) is 3.47. The molecule has 3 heteroatoms. The molecule has 0 N–H and O–H groups in total. The van der Waals surface area contributed by atoms with Gasteiger partial charge in [0.2, 0.25) is 5.91 Å². The highest BCUT2D eigenvalue weighted by atomic mass is 35.5. The first-order chi connectivity index (χ1) is 9.78. The minimum Gasteiger partial charge on any atom is -0.342 e. The number of carbonyl (C=O) groups is 1. The lowest BCUT2D eigenvalue weighted by atomic mass is 9.83. The Hall–Kier alpha value is -1.02. The Labute approximate surface area is 126 Å². The molecule has 1 amide bonds. The average molecular weight is 292 g/mol. The molecule has 1 fully saturated rings. The zero-order valence-corrected chi connectivity index (χ0v) is 12.6. The number of carbonyl (C=O) groups excluding carboxylic acids is 1. The maximum absolute atomic E-state index is 12.7. The number of fused-ring (bicyclic) bond motifs is 1. The van der Waals surface area contributed by atoms with E-state index in [-0.39, 0.29) is 5.92 Å². The van der Waals surface area contributed by atoms with E-state index >= 15 is 0 Å². The molecule has 20 heavy (non-hydrogen) atoms. The molecular weight excluding hydrogens is 270 g/mol. The summed E-state index contributed by atoms with van der Waals surface area (Å²) in [5.74, 6) is 1.90. The predicted molar refractivity (Wildman–Crippen MR) is 82.0 cm³/mol. The van der Waals surface area contributed by atoms with Gasteiger partial charge in [0.05, 0.1) is 0 Å². The molecule has 1 aromatic rings. The molecule has 2 nitrogen and oxygen atoms in total. The van der Waals surface area contributed by atoms with Gasteiger partial charge in [0.25, 0.3) is 0 Å². The zero-order chi connectivity index (χ0) is 13.9. The van der Waals surface area contributed by atoms with Crippen LogP contribution >= 0.6 is 11.6 Å². The second-order valence-corrected chi connectivity index (χ2v) is 6.44. The maximum Gasteiger partial charge on any atom is 0.226 e. The summed E-state index contributed by atoms with van der Waals surface area (Å²) in [6, 6.07) is 8.55. The van der Waals surface area contributed by atoms with Crippen LogP contribution in [0.1, 0.15) is 30.4 Å². The minimum atomic E-state index is 0.192. The van der Waals surface area contributed by atoms with Crippen molar-refractivity contribution < 1.29 is 4.79 Å². The van der Waals surface area contributed by atoms with Crippen LogP contribution in [0.5, 0.6) is 0 Å². The number of hydrogen-bond donors (Lipinski definition) is 0. The number of amides is 1. The molecule has 1 aliphatic carbocycles. The SMILES string of the molecule is O=C(C1CCc2ccccc2C1)N1CCC(CCl)CC1. The first-order valence-electron chi connectivity index (χ1n) is 7.69. The highest BCUT2D eigenvalue weighted by Crippen LogP contribution is 2.28. The average Bonchev–Trinajstić information content (AvgIpc) is 2.54. The molecule has 1 atom stereocenters. The number of aryl methyl sites for hydroxylation is 1. The molecule has 0 radical (unpaired) electrons. The van der Waals surface area contributed by atoms with Gasteiger partial charge in [-0.2, -0.15) is 0 Å². The zero-order valence-electron chi connectivity index (χ0n) is 11.9. The maximum atomic E-state index is 12.7. The summed E-state index contributed by atoms with van der Waals surface area (Å²) in [6.45, 7) is 1.79. The second kappa shape index (κ2) is 6.17. The molecule has 108 valence electrons. The van der Waals surface area contributed by atoms with Crippen molar-refractivity contribution in [3.05, 3.63) is 35.4 Å². The summed E-state index contributed by atoms with van der Waals surface area (Å²) in [6.07, 6.45) is 5.11. The highest BCUT2D eigenvalue weighted by molar-refractivity contribution is 6.18. The van der Waals surface area contributed by atoms with Crippen molar-refractivity contribution in [3.8, 4) is 0 Å². The molecule has 0 saturated carbocycles. The van der Waals surface area contributed by atoms with Crippen LogP contribution in [-0.2, 0) is 17.6 Å². The summed E-state index contributed by atoms with van der Waals surface area (Å²) in [7, 11) is 0. The van der Waals surface area contributed by atoms with Crippen LogP contribution in [0.4, 0.5) is 0 Å². The number of benzene rings is 1. The van der Waals surface area contributed by atoms with Crippen molar-refractivity contribution >= 4 is 17.5 Å². The molecule has 3 rings (SSSR count). The fourth-order valence-corrected chi connectivity index (χ4v) is 3.78. The molecule has 2 aliphatic rings. The number of nitrogens with zero attached hydrogens (tertiary/aromatic N) is 1. The number of alkyl halides is 1. The third-order valence-electron chi connectivity index (χ3n) is 4.84. The van der Waals surface area contributed by atoms with Gasteiger partial charge >= 0.3 is 0 Å². The standard InChI is InChI=1S/C17H22ClNO/c18-12-13-7-9-19(10-8-13)17(20)16-6-5-14-3-1-2-4-15(14)11-16/h1-4,13,16H,5-12H2. The van der Waals surface area contributed by atoms with Gasteiger partial charge in [0.1, 0.15) is 0 Å². The van der Waals surface area contributed by atoms with Crippen molar-refractivity contribution in [1.29, 1.82) is 0 Å². The van der Waals surface area contributed by atoms with E-state index in [2.05, 4.69) is 29.2 Å². The smallest absolute Gasteiger partial charge is 0.226 e. The second-order valence-electron chi connectivity index (χ2n) is 6.13. The Morgan fingerprint density at radius 1 is 1.15 bits per heavy atom. The quantitative estimate of drug-likeness (QED) is 0.766. The van der Waals surface area contributed by atoms with Crippen molar-refractivity contribution in [1.82, 2.24) is 4.90 Å². The Morgan fingerprint density at radius 3 is 2.55 bits per heavy atom. The number of hydrogen-bond acceptors (Lipinski definition) is 1. The van der Waals surface area contributed by atoms with Crippen molar-refractivity contribution in [2.45, 2.75) is 32.1 Å². The highest BCUT2D eigenvalue weighted by Gasteiger charge is 2.30. The number of halogens is 1. The van der Waals surface area contributed by atoms with E-state index in [0.717, 1.165) is 51.1 Å². The van der Waals surface area contributed by atoms with Crippen LogP contribution in [0.2, 0.25) is 0 Å². The first kappa shape index (κ1) is 13.9. The molecule has 0 aromatic heterocycles. The van der Waals surface area contributed by atoms with E-state index in [1.165, 1.54) is 11.1 Å². The minimum absolute atomic E-state index is 0.192. The normalized spacial score (nSPS) is 23.4. The van der Waals surface area contributed by atoms with Crippen LogP contribution < -0.4 is 0 Å². The van der Waals surface area contributed by atoms with E-state index in [9.17, 15) is 4.79 Å². The largest absolute Gasteiger partial charge is 0.342 e. The van der Waals surface area contributed by atoms with E-state index in [4.69, 9.17) is 11.6 Å². The van der Waals surface area contributed by atoms with Gasteiger partial charge in [0.15, 0.2) is 0 Å². The summed E-state index contributed by atoms with van der Waals surface area (Å²) >= 11 is 5.91. The molecule has 1 aliphatic heterocycles. The molecule has 1 aromatic carbocycles. The van der Waals surface area contributed by atoms with E-state index in [0.29, 0.717) is 11.8 Å². The van der Waals surface area contributed by atoms with Gasteiger partial charge in [-0.3, -0.25) is 4.79 Å². The summed E-state index contributed by atoms with van der Waals surface area (Å²) in [5, 5.41) is 0. The van der Waals surface area contributed by atoms with Crippen LogP contribution in [0, 0.1) is 11.8 Å². The third kappa shape index (κ3) is 2.85. The topological polar surface area (TPSA) is 20.3 Å². The van der Waals surface area contributed by atoms with Gasteiger partial charge < -0.3 is 4.90 Å². The molecule has 0 spiro atoms. The molecule has 0 bridgehead atoms. The van der Waals surface area contributed by atoms with Gasteiger partial charge in [0, 0.05) is 24.9 Å². The Morgan fingerprint density at radius 2 is 1.85 bits per heavy atom. The number of rotatable bonds is 2. The molecule has 1 saturated heterocycles. The van der Waals surface area contributed by atoms with Crippen molar-refractivity contribution in [3.63, 3.8) is 0 Å². The lowest BCUT2D eigenvalue weighted by Gasteiger charge is -2.35. The Bertz CT molecular complexity index is 480. The lowest BCUT2D eigenvalue weighted by Crippen LogP contribution is -2.43. The third-order valence-corrected chi connectivity index (χ3v) is 5.28. The van der Waals surface area contributed by atoms with Gasteiger partial charge in [-0.05, 0) is 49.1 Å². The van der Waals surface area contributed by atoms with Gasteiger partial charge in [-0.1, -0.05) is 24.3 Å². The van der Waals surface area contributed by atoms with E-state index in [1.54, 1.807) is 0 Å².